The lowest BCUT2D eigenvalue weighted by Crippen LogP contribution is -2.28. The molecule has 0 fully saturated rings. The van der Waals surface area contributed by atoms with E-state index in [-0.39, 0.29) is 5.91 Å². The zero-order valence-electron chi connectivity index (χ0n) is 11.5. The molecule has 0 heterocycles. The van der Waals surface area contributed by atoms with Gasteiger partial charge in [-0.3, -0.25) is 4.79 Å². The average Bonchev–Trinajstić information content (AvgIpc) is 2.47. The van der Waals surface area contributed by atoms with Crippen LogP contribution in [0.3, 0.4) is 0 Å². The van der Waals surface area contributed by atoms with Crippen LogP contribution < -0.4 is 10.1 Å². The predicted octanol–water partition coefficient (Wildman–Crippen LogP) is 4.11. The first kappa shape index (κ1) is 15.7. The van der Waals surface area contributed by atoms with Gasteiger partial charge in [-0.2, -0.15) is 0 Å². The number of aryl methyl sites for hydroxylation is 1. The first-order valence-electron chi connectivity index (χ1n) is 6.49. The zero-order valence-corrected chi connectivity index (χ0v) is 13.0. The van der Waals surface area contributed by atoms with E-state index >= 15 is 0 Å². The van der Waals surface area contributed by atoms with Crippen molar-refractivity contribution in [2.45, 2.75) is 6.92 Å². The lowest BCUT2D eigenvalue weighted by molar-refractivity contribution is 0.0947. The Bertz CT molecular complexity index is 644. The topological polar surface area (TPSA) is 38.3 Å². The van der Waals surface area contributed by atoms with Crippen molar-refractivity contribution in [1.82, 2.24) is 5.32 Å². The van der Waals surface area contributed by atoms with Gasteiger partial charge in [0.2, 0.25) is 0 Å². The summed E-state index contributed by atoms with van der Waals surface area (Å²) in [4.78, 5) is 11.9. The van der Waals surface area contributed by atoms with E-state index in [1.54, 1.807) is 36.4 Å². The molecule has 0 radical (unpaired) electrons. The van der Waals surface area contributed by atoms with E-state index in [2.05, 4.69) is 5.32 Å². The number of carbonyl (C=O) groups is 1. The molecule has 0 aromatic heterocycles. The van der Waals surface area contributed by atoms with Gasteiger partial charge in [0.05, 0.1) is 6.54 Å². The molecule has 0 aliphatic rings. The Morgan fingerprint density at radius 1 is 1.19 bits per heavy atom. The van der Waals surface area contributed by atoms with Gasteiger partial charge in [0.1, 0.15) is 12.4 Å². The SMILES string of the molecule is Cc1cc(OCCNC(=O)c2cccc(Cl)c2)ccc1Cl. The summed E-state index contributed by atoms with van der Waals surface area (Å²) in [6, 6.07) is 12.3. The molecule has 2 aromatic rings. The van der Waals surface area contributed by atoms with Crippen LogP contribution in [-0.4, -0.2) is 19.1 Å². The summed E-state index contributed by atoms with van der Waals surface area (Å²) >= 11 is 11.8. The molecule has 2 aromatic carbocycles. The quantitative estimate of drug-likeness (QED) is 0.841. The van der Waals surface area contributed by atoms with Gasteiger partial charge < -0.3 is 10.1 Å². The van der Waals surface area contributed by atoms with E-state index in [0.29, 0.717) is 28.8 Å². The van der Waals surface area contributed by atoms with Crippen LogP contribution in [-0.2, 0) is 0 Å². The first-order valence-corrected chi connectivity index (χ1v) is 7.24. The fourth-order valence-electron chi connectivity index (χ4n) is 1.77. The minimum atomic E-state index is -0.173. The highest BCUT2D eigenvalue weighted by Gasteiger charge is 2.05. The molecule has 5 heteroatoms. The number of ether oxygens (including phenoxy) is 1. The van der Waals surface area contributed by atoms with Gasteiger partial charge in [-0.1, -0.05) is 29.3 Å². The minimum Gasteiger partial charge on any atom is -0.492 e. The Morgan fingerprint density at radius 3 is 2.71 bits per heavy atom. The number of rotatable bonds is 5. The summed E-state index contributed by atoms with van der Waals surface area (Å²) in [5.41, 5.74) is 1.49. The molecular formula is C16H15Cl2NO2. The second-order valence-corrected chi connectivity index (χ2v) is 5.37. The number of halogens is 2. The van der Waals surface area contributed by atoms with Crippen molar-refractivity contribution in [3.05, 3.63) is 63.6 Å². The van der Waals surface area contributed by atoms with E-state index < -0.39 is 0 Å². The third-order valence-electron chi connectivity index (χ3n) is 2.87. The fraction of sp³-hybridized carbons (Fsp3) is 0.188. The Morgan fingerprint density at radius 2 is 2.00 bits per heavy atom. The standard InChI is InChI=1S/C16H15Cl2NO2/c1-11-9-14(5-6-15(11)18)21-8-7-19-16(20)12-3-2-4-13(17)10-12/h2-6,9-10H,7-8H2,1H3,(H,19,20). The van der Waals surface area contributed by atoms with Crippen LogP contribution in [0.25, 0.3) is 0 Å². The smallest absolute Gasteiger partial charge is 0.251 e. The molecule has 0 atom stereocenters. The molecular weight excluding hydrogens is 309 g/mol. The Labute approximate surface area is 133 Å². The fourth-order valence-corrected chi connectivity index (χ4v) is 2.08. The van der Waals surface area contributed by atoms with Crippen LogP contribution in [0.2, 0.25) is 10.0 Å². The molecule has 0 unspecified atom stereocenters. The van der Waals surface area contributed by atoms with Crippen molar-refractivity contribution in [1.29, 1.82) is 0 Å². The molecule has 2 rings (SSSR count). The first-order chi connectivity index (χ1) is 10.1. The van der Waals surface area contributed by atoms with Crippen molar-refractivity contribution < 1.29 is 9.53 Å². The zero-order chi connectivity index (χ0) is 15.2. The van der Waals surface area contributed by atoms with Gasteiger partial charge in [0, 0.05) is 15.6 Å². The summed E-state index contributed by atoms with van der Waals surface area (Å²) in [5.74, 6) is 0.558. The van der Waals surface area contributed by atoms with Gasteiger partial charge in [-0.25, -0.2) is 0 Å². The number of hydrogen-bond donors (Lipinski definition) is 1. The molecule has 1 amide bonds. The lowest BCUT2D eigenvalue weighted by Gasteiger charge is -2.09. The predicted molar refractivity (Wildman–Crippen MR) is 85.5 cm³/mol. The minimum absolute atomic E-state index is 0.173. The van der Waals surface area contributed by atoms with E-state index in [1.807, 2.05) is 13.0 Å². The number of benzene rings is 2. The maximum atomic E-state index is 11.9. The van der Waals surface area contributed by atoms with Crippen LogP contribution in [0.1, 0.15) is 15.9 Å². The third kappa shape index (κ3) is 4.66. The van der Waals surface area contributed by atoms with E-state index in [1.165, 1.54) is 0 Å². The molecule has 0 spiro atoms. The average molecular weight is 324 g/mol. The monoisotopic (exact) mass is 323 g/mol. The largest absolute Gasteiger partial charge is 0.492 e. The maximum Gasteiger partial charge on any atom is 0.251 e. The molecule has 0 aliphatic heterocycles. The van der Waals surface area contributed by atoms with Crippen LogP contribution in [0.15, 0.2) is 42.5 Å². The second kappa shape index (κ2) is 7.34. The molecule has 3 nitrogen and oxygen atoms in total. The number of hydrogen-bond acceptors (Lipinski definition) is 2. The number of carbonyl (C=O) groups excluding carboxylic acids is 1. The molecule has 21 heavy (non-hydrogen) atoms. The highest BCUT2D eigenvalue weighted by atomic mass is 35.5. The molecule has 1 N–H and O–H groups in total. The van der Waals surface area contributed by atoms with Crippen LogP contribution in [0, 0.1) is 6.92 Å². The molecule has 0 bridgehead atoms. The van der Waals surface area contributed by atoms with Crippen molar-refractivity contribution >= 4 is 29.1 Å². The second-order valence-electron chi connectivity index (χ2n) is 4.53. The molecule has 0 saturated heterocycles. The molecule has 110 valence electrons. The van der Waals surface area contributed by atoms with Crippen LogP contribution in [0.5, 0.6) is 5.75 Å². The van der Waals surface area contributed by atoms with Crippen molar-refractivity contribution in [3.63, 3.8) is 0 Å². The molecule has 0 saturated carbocycles. The summed E-state index contributed by atoms with van der Waals surface area (Å²) in [6.07, 6.45) is 0. The normalized spacial score (nSPS) is 10.2. The Hall–Kier alpha value is -1.71. The lowest BCUT2D eigenvalue weighted by atomic mass is 10.2. The van der Waals surface area contributed by atoms with E-state index in [0.717, 1.165) is 11.3 Å². The third-order valence-corrected chi connectivity index (χ3v) is 3.53. The molecule has 0 aliphatic carbocycles. The van der Waals surface area contributed by atoms with Crippen LogP contribution >= 0.6 is 23.2 Å². The number of amides is 1. The summed E-state index contributed by atoms with van der Waals surface area (Å²) < 4.78 is 5.55. The van der Waals surface area contributed by atoms with E-state index in [4.69, 9.17) is 27.9 Å². The van der Waals surface area contributed by atoms with Crippen LogP contribution in [0.4, 0.5) is 0 Å². The summed E-state index contributed by atoms with van der Waals surface area (Å²) in [7, 11) is 0. The Kier molecular flexibility index (Phi) is 5.48. The number of nitrogens with one attached hydrogen (secondary N) is 1. The van der Waals surface area contributed by atoms with Gasteiger partial charge >= 0.3 is 0 Å². The Balaban J connectivity index is 1.79. The van der Waals surface area contributed by atoms with Crippen molar-refractivity contribution in [2.75, 3.05) is 13.2 Å². The van der Waals surface area contributed by atoms with Gasteiger partial charge in [0.15, 0.2) is 0 Å². The van der Waals surface area contributed by atoms with E-state index in [9.17, 15) is 4.79 Å². The highest BCUT2D eigenvalue weighted by molar-refractivity contribution is 6.31. The van der Waals surface area contributed by atoms with Crippen molar-refractivity contribution in [2.24, 2.45) is 0 Å². The van der Waals surface area contributed by atoms with Crippen molar-refractivity contribution in [3.8, 4) is 5.75 Å². The maximum absolute atomic E-state index is 11.9. The van der Waals surface area contributed by atoms with Gasteiger partial charge in [-0.15, -0.1) is 0 Å². The highest BCUT2D eigenvalue weighted by Crippen LogP contribution is 2.20. The summed E-state index contributed by atoms with van der Waals surface area (Å²) in [5, 5.41) is 4.02. The summed E-state index contributed by atoms with van der Waals surface area (Å²) in [6.45, 7) is 2.70. The van der Waals surface area contributed by atoms with Gasteiger partial charge in [0.25, 0.3) is 5.91 Å². The van der Waals surface area contributed by atoms with Gasteiger partial charge in [-0.05, 0) is 48.9 Å².